The van der Waals surface area contributed by atoms with Crippen molar-refractivity contribution in [2.24, 2.45) is 5.92 Å². The Kier molecular flexibility index (Phi) is 6.68. The third kappa shape index (κ3) is 5.64. The lowest BCUT2D eigenvalue weighted by atomic mass is 9.98. The molecule has 0 saturated carbocycles. The van der Waals surface area contributed by atoms with E-state index in [1.807, 2.05) is 23.1 Å². The molecule has 2 saturated heterocycles. The van der Waals surface area contributed by atoms with Crippen LogP contribution in [0, 0.1) is 5.92 Å². The third-order valence-electron chi connectivity index (χ3n) is 5.36. The minimum Gasteiger partial charge on any atom is -0.340 e. The normalized spacial score (nSPS) is 23.0. The SMILES string of the molecule is CS(=O)(=O)N1CCC[C@@H](C(=O)N2CCN(C/C=C/c3ccccc3)CC2)C1. The van der Waals surface area contributed by atoms with Gasteiger partial charge in [0.1, 0.15) is 0 Å². The summed E-state index contributed by atoms with van der Waals surface area (Å²) in [6.45, 7) is 4.88. The molecule has 1 aromatic carbocycles. The quantitative estimate of drug-likeness (QED) is 0.764. The maximum Gasteiger partial charge on any atom is 0.227 e. The Morgan fingerprint density at radius 3 is 2.48 bits per heavy atom. The van der Waals surface area contributed by atoms with E-state index >= 15 is 0 Å². The van der Waals surface area contributed by atoms with Gasteiger partial charge in [0.15, 0.2) is 0 Å². The molecule has 2 aliphatic rings. The number of sulfonamides is 1. The molecule has 0 spiro atoms. The molecule has 2 fully saturated rings. The highest BCUT2D eigenvalue weighted by molar-refractivity contribution is 7.88. The Morgan fingerprint density at radius 2 is 1.81 bits per heavy atom. The molecule has 1 aromatic rings. The van der Waals surface area contributed by atoms with Gasteiger partial charge in [-0.2, -0.15) is 0 Å². The van der Waals surface area contributed by atoms with Gasteiger partial charge >= 0.3 is 0 Å². The van der Waals surface area contributed by atoms with Gasteiger partial charge in [-0.05, 0) is 18.4 Å². The highest BCUT2D eigenvalue weighted by atomic mass is 32.2. The summed E-state index contributed by atoms with van der Waals surface area (Å²) < 4.78 is 25.0. The monoisotopic (exact) mass is 391 g/mol. The fourth-order valence-corrected chi connectivity index (χ4v) is 4.67. The summed E-state index contributed by atoms with van der Waals surface area (Å²) >= 11 is 0. The molecule has 27 heavy (non-hydrogen) atoms. The molecule has 0 N–H and O–H groups in total. The number of rotatable bonds is 5. The molecule has 0 bridgehead atoms. The van der Waals surface area contributed by atoms with Gasteiger partial charge in [-0.15, -0.1) is 0 Å². The van der Waals surface area contributed by atoms with Crippen molar-refractivity contribution in [1.82, 2.24) is 14.1 Å². The molecule has 0 aromatic heterocycles. The maximum absolute atomic E-state index is 12.8. The molecule has 1 atom stereocenters. The predicted octanol–water partition coefficient (Wildman–Crippen LogP) is 1.52. The van der Waals surface area contributed by atoms with Crippen LogP contribution in [0.3, 0.4) is 0 Å². The van der Waals surface area contributed by atoms with Crippen LogP contribution in [0.15, 0.2) is 36.4 Å². The molecule has 2 heterocycles. The van der Waals surface area contributed by atoms with Gasteiger partial charge in [0.05, 0.1) is 12.2 Å². The van der Waals surface area contributed by atoms with Crippen molar-refractivity contribution in [3.8, 4) is 0 Å². The van der Waals surface area contributed by atoms with E-state index in [2.05, 4.69) is 29.2 Å². The number of hydrogen-bond acceptors (Lipinski definition) is 4. The average molecular weight is 392 g/mol. The van der Waals surface area contributed by atoms with Gasteiger partial charge in [-0.3, -0.25) is 9.69 Å². The van der Waals surface area contributed by atoms with Gasteiger partial charge in [-0.25, -0.2) is 12.7 Å². The lowest BCUT2D eigenvalue weighted by molar-refractivity contribution is -0.138. The van der Waals surface area contributed by atoms with Gasteiger partial charge < -0.3 is 4.90 Å². The molecule has 148 valence electrons. The maximum atomic E-state index is 12.8. The van der Waals surface area contributed by atoms with Crippen LogP contribution in [-0.2, 0) is 14.8 Å². The molecule has 3 rings (SSSR count). The first-order chi connectivity index (χ1) is 12.9. The number of benzene rings is 1. The summed E-state index contributed by atoms with van der Waals surface area (Å²) in [7, 11) is -3.22. The van der Waals surface area contributed by atoms with E-state index in [-0.39, 0.29) is 11.8 Å². The van der Waals surface area contributed by atoms with Crippen molar-refractivity contribution < 1.29 is 13.2 Å². The van der Waals surface area contributed by atoms with Gasteiger partial charge in [-0.1, -0.05) is 42.5 Å². The van der Waals surface area contributed by atoms with Crippen molar-refractivity contribution >= 4 is 22.0 Å². The van der Waals surface area contributed by atoms with Gasteiger partial charge in [0, 0.05) is 45.8 Å². The highest BCUT2D eigenvalue weighted by Gasteiger charge is 2.33. The van der Waals surface area contributed by atoms with Crippen molar-refractivity contribution in [3.05, 3.63) is 42.0 Å². The first kappa shape index (κ1) is 20.0. The average Bonchev–Trinajstić information content (AvgIpc) is 2.68. The Bertz CT molecular complexity index is 756. The molecule has 0 aliphatic carbocycles. The lowest BCUT2D eigenvalue weighted by Gasteiger charge is -2.38. The third-order valence-corrected chi connectivity index (χ3v) is 6.63. The van der Waals surface area contributed by atoms with E-state index in [1.54, 1.807) is 0 Å². The zero-order chi connectivity index (χ0) is 19.3. The van der Waals surface area contributed by atoms with Crippen LogP contribution < -0.4 is 0 Å². The molecular weight excluding hydrogens is 362 g/mol. The number of piperidine rings is 1. The Morgan fingerprint density at radius 1 is 1.11 bits per heavy atom. The highest BCUT2D eigenvalue weighted by Crippen LogP contribution is 2.21. The largest absolute Gasteiger partial charge is 0.340 e. The van der Waals surface area contributed by atoms with E-state index in [0.717, 1.165) is 32.5 Å². The van der Waals surface area contributed by atoms with E-state index in [4.69, 9.17) is 0 Å². The Balaban J connectivity index is 1.46. The predicted molar refractivity (Wildman–Crippen MR) is 108 cm³/mol. The fraction of sp³-hybridized carbons (Fsp3) is 0.550. The number of amides is 1. The molecule has 6 nitrogen and oxygen atoms in total. The summed E-state index contributed by atoms with van der Waals surface area (Å²) in [5, 5.41) is 0. The van der Waals surface area contributed by atoms with Crippen LogP contribution in [0.1, 0.15) is 18.4 Å². The number of nitrogens with zero attached hydrogens (tertiary/aromatic N) is 3. The summed E-state index contributed by atoms with van der Waals surface area (Å²) in [6.07, 6.45) is 7.05. The van der Waals surface area contributed by atoms with Crippen LogP contribution in [0.5, 0.6) is 0 Å². The first-order valence-corrected chi connectivity index (χ1v) is 11.5. The number of piperazine rings is 1. The van der Waals surface area contributed by atoms with Crippen LogP contribution in [-0.4, -0.2) is 80.5 Å². The van der Waals surface area contributed by atoms with Crippen molar-refractivity contribution in [2.75, 3.05) is 52.1 Å². The summed E-state index contributed by atoms with van der Waals surface area (Å²) in [6, 6.07) is 10.2. The second-order valence-corrected chi connectivity index (χ2v) is 9.38. The van der Waals surface area contributed by atoms with Gasteiger partial charge in [0.25, 0.3) is 0 Å². The second kappa shape index (κ2) is 8.99. The molecule has 0 radical (unpaired) electrons. The van der Waals surface area contributed by atoms with Crippen LogP contribution in [0.2, 0.25) is 0 Å². The zero-order valence-electron chi connectivity index (χ0n) is 16.0. The van der Waals surface area contributed by atoms with E-state index in [9.17, 15) is 13.2 Å². The molecular formula is C20H29N3O3S. The Labute approximate surface area is 162 Å². The number of hydrogen-bond donors (Lipinski definition) is 0. The topological polar surface area (TPSA) is 60.9 Å². The molecule has 7 heteroatoms. The summed E-state index contributed by atoms with van der Waals surface area (Å²) in [5.74, 6) is -0.0826. The van der Waals surface area contributed by atoms with E-state index < -0.39 is 10.0 Å². The standard InChI is InChI=1S/C20H29N3O3S/c1-27(25,26)23-12-6-10-19(17-23)20(24)22-15-13-21(14-16-22)11-5-9-18-7-3-2-4-8-18/h2-5,7-9,19H,6,10-17H2,1H3/b9-5+/t19-/m1/s1. The van der Waals surface area contributed by atoms with Crippen LogP contribution in [0.25, 0.3) is 6.08 Å². The summed E-state index contributed by atoms with van der Waals surface area (Å²) in [5.41, 5.74) is 1.19. The molecule has 2 aliphatic heterocycles. The zero-order valence-corrected chi connectivity index (χ0v) is 16.8. The van der Waals surface area contributed by atoms with E-state index in [0.29, 0.717) is 26.2 Å². The van der Waals surface area contributed by atoms with Crippen molar-refractivity contribution in [2.45, 2.75) is 12.8 Å². The minimum absolute atomic E-state index is 0.114. The minimum atomic E-state index is -3.22. The van der Waals surface area contributed by atoms with E-state index in [1.165, 1.54) is 16.1 Å². The van der Waals surface area contributed by atoms with Crippen LogP contribution in [0.4, 0.5) is 0 Å². The summed E-state index contributed by atoms with van der Waals surface area (Å²) in [4.78, 5) is 17.1. The van der Waals surface area contributed by atoms with Crippen molar-refractivity contribution in [3.63, 3.8) is 0 Å². The molecule has 0 unspecified atom stereocenters. The van der Waals surface area contributed by atoms with Crippen LogP contribution >= 0.6 is 0 Å². The smallest absolute Gasteiger partial charge is 0.227 e. The lowest BCUT2D eigenvalue weighted by Crippen LogP contribution is -2.52. The Hall–Kier alpha value is -1.70. The van der Waals surface area contributed by atoms with Gasteiger partial charge in [0.2, 0.25) is 15.9 Å². The number of carbonyl (C=O) groups is 1. The first-order valence-electron chi connectivity index (χ1n) is 9.61. The second-order valence-electron chi connectivity index (χ2n) is 7.40. The number of carbonyl (C=O) groups excluding carboxylic acids is 1. The molecule has 1 amide bonds. The van der Waals surface area contributed by atoms with Crippen molar-refractivity contribution in [1.29, 1.82) is 0 Å². The fourth-order valence-electron chi connectivity index (χ4n) is 3.76.